The Morgan fingerprint density at radius 2 is 1.61 bits per heavy atom. The number of nitrogen functional groups attached to an aromatic ring is 1. The van der Waals surface area contributed by atoms with Crippen molar-refractivity contribution in [2.75, 3.05) is 5.73 Å². The molecule has 5 rings (SSSR count). The van der Waals surface area contributed by atoms with Crippen LogP contribution in [0.25, 0.3) is 38.6 Å². The highest BCUT2D eigenvalue weighted by molar-refractivity contribution is 6.02. The number of nitrogens with two attached hydrogens (primary N) is 1. The van der Waals surface area contributed by atoms with Gasteiger partial charge in [-0.25, -0.2) is 4.79 Å². The normalized spacial score (nSPS) is 11.3. The molecule has 0 atom stereocenters. The molecule has 0 amide bonds. The van der Waals surface area contributed by atoms with Gasteiger partial charge >= 0.3 is 5.69 Å². The van der Waals surface area contributed by atoms with Crippen LogP contribution in [0.4, 0.5) is 11.4 Å². The van der Waals surface area contributed by atoms with E-state index < -0.39 is 16.2 Å². The first-order chi connectivity index (χ1) is 15.8. The predicted molar refractivity (Wildman–Crippen MR) is 128 cm³/mol. The maximum atomic E-state index is 13.3. The van der Waals surface area contributed by atoms with Crippen LogP contribution >= 0.6 is 0 Å². The highest BCUT2D eigenvalue weighted by Gasteiger charge is 2.22. The minimum atomic E-state index is -0.485. The van der Waals surface area contributed by atoms with Crippen molar-refractivity contribution in [2.45, 2.75) is 0 Å². The Labute approximate surface area is 186 Å². The van der Waals surface area contributed by atoms with Gasteiger partial charge in [-0.3, -0.25) is 24.0 Å². The molecule has 2 aromatic heterocycles. The fourth-order valence-corrected chi connectivity index (χ4v) is 4.33. The number of nitrogens with zero attached hydrogens (tertiary/aromatic N) is 4. The van der Waals surface area contributed by atoms with E-state index in [1.54, 1.807) is 36.0 Å². The molecular weight excluding hydrogens is 422 g/mol. The molecule has 0 aliphatic heterocycles. The minimum absolute atomic E-state index is 0.104. The summed E-state index contributed by atoms with van der Waals surface area (Å²) in [7, 11) is 3.00. The summed E-state index contributed by atoms with van der Waals surface area (Å²) in [5.74, 6) is 0. The van der Waals surface area contributed by atoms with Crippen molar-refractivity contribution < 1.29 is 4.92 Å². The zero-order chi connectivity index (χ0) is 23.4. The zero-order valence-corrected chi connectivity index (χ0v) is 17.9. The third kappa shape index (κ3) is 2.93. The Morgan fingerprint density at radius 3 is 2.33 bits per heavy atom. The maximum Gasteiger partial charge on any atom is 0.330 e. The van der Waals surface area contributed by atoms with E-state index in [-0.39, 0.29) is 11.1 Å². The summed E-state index contributed by atoms with van der Waals surface area (Å²) in [4.78, 5) is 36.8. The van der Waals surface area contributed by atoms with Crippen LogP contribution in [0.1, 0.15) is 0 Å². The van der Waals surface area contributed by atoms with E-state index >= 15 is 0 Å². The first kappa shape index (κ1) is 20.3. The fourth-order valence-electron chi connectivity index (χ4n) is 4.33. The lowest BCUT2D eigenvalue weighted by Crippen LogP contribution is -2.36. The number of rotatable bonds is 3. The van der Waals surface area contributed by atoms with E-state index in [4.69, 9.17) is 5.73 Å². The minimum Gasteiger partial charge on any atom is -0.398 e. The topological polar surface area (TPSA) is 118 Å². The molecule has 3 aromatic carbocycles. The molecule has 5 aromatic rings. The number of aromatic nitrogens is 3. The molecule has 0 bridgehead atoms. The molecule has 164 valence electrons. The van der Waals surface area contributed by atoms with E-state index in [1.165, 1.54) is 23.7 Å². The van der Waals surface area contributed by atoms with Gasteiger partial charge in [0.25, 0.3) is 11.2 Å². The van der Waals surface area contributed by atoms with E-state index in [0.717, 1.165) is 15.3 Å². The van der Waals surface area contributed by atoms with Crippen LogP contribution in [0.3, 0.4) is 0 Å². The third-order valence-corrected chi connectivity index (χ3v) is 5.94. The second-order valence-electron chi connectivity index (χ2n) is 7.84. The first-order valence-electron chi connectivity index (χ1n) is 10.1. The summed E-state index contributed by atoms with van der Waals surface area (Å²) >= 11 is 0. The quantitative estimate of drug-likeness (QED) is 0.262. The standard InChI is InChI=1S/C24H19N5O4/c1-26-19-13-28(18-11-5-7-14-6-4-10-17(25)20(14)18)22(21(19)23(30)27(2)24(26)31)15-8-3-9-16(12-15)29(32)33/h3-13H,25H2,1-2H3. The second-order valence-corrected chi connectivity index (χ2v) is 7.84. The molecule has 2 N–H and O–H groups in total. The molecule has 0 aliphatic carbocycles. The number of non-ortho nitro benzene ring substituents is 1. The van der Waals surface area contributed by atoms with Crippen molar-refractivity contribution in [3.8, 4) is 16.9 Å². The summed E-state index contributed by atoms with van der Waals surface area (Å²) in [6.07, 6.45) is 1.70. The Hall–Kier alpha value is -4.66. The Bertz CT molecular complexity index is 1720. The van der Waals surface area contributed by atoms with Gasteiger partial charge in [-0.15, -0.1) is 0 Å². The van der Waals surface area contributed by atoms with Gasteiger partial charge in [0.05, 0.1) is 27.2 Å². The molecule has 2 heterocycles. The van der Waals surface area contributed by atoms with Crippen molar-refractivity contribution in [3.63, 3.8) is 0 Å². The third-order valence-electron chi connectivity index (χ3n) is 5.94. The fraction of sp³-hybridized carbons (Fsp3) is 0.0833. The highest BCUT2D eigenvalue weighted by Crippen LogP contribution is 2.36. The maximum absolute atomic E-state index is 13.3. The van der Waals surface area contributed by atoms with Crippen LogP contribution in [0, 0.1) is 10.1 Å². The molecule has 0 fully saturated rings. The van der Waals surface area contributed by atoms with Gasteiger partial charge in [0.15, 0.2) is 0 Å². The summed E-state index contributed by atoms with van der Waals surface area (Å²) in [6, 6.07) is 17.3. The lowest BCUT2D eigenvalue weighted by atomic mass is 10.1. The zero-order valence-electron chi connectivity index (χ0n) is 17.9. The van der Waals surface area contributed by atoms with Crippen molar-refractivity contribution in [1.82, 2.24) is 13.7 Å². The highest BCUT2D eigenvalue weighted by atomic mass is 16.6. The molecule has 0 saturated heterocycles. The molecular formula is C24H19N5O4. The van der Waals surface area contributed by atoms with Gasteiger partial charge in [0.1, 0.15) is 0 Å². The van der Waals surface area contributed by atoms with Crippen LogP contribution < -0.4 is 17.0 Å². The number of aryl methyl sites for hydroxylation is 1. The van der Waals surface area contributed by atoms with Crippen molar-refractivity contribution >= 4 is 33.1 Å². The van der Waals surface area contributed by atoms with E-state index in [2.05, 4.69) is 0 Å². The van der Waals surface area contributed by atoms with Crippen LogP contribution in [0.2, 0.25) is 0 Å². The van der Waals surface area contributed by atoms with Crippen LogP contribution in [-0.2, 0) is 14.1 Å². The van der Waals surface area contributed by atoms with Gasteiger partial charge in [0.2, 0.25) is 0 Å². The van der Waals surface area contributed by atoms with Crippen LogP contribution in [0.15, 0.2) is 76.4 Å². The smallest absolute Gasteiger partial charge is 0.330 e. The molecule has 0 aliphatic rings. The molecule has 33 heavy (non-hydrogen) atoms. The first-order valence-corrected chi connectivity index (χ1v) is 10.1. The second kappa shape index (κ2) is 7.20. The van der Waals surface area contributed by atoms with Crippen LogP contribution in [0.5, 0.6) is 0 Å². The molecule has 0 radical (unpaired) electrons. The molecule has 0 saturated carbocycles. The number of hydrogen-bond acceptors (Lipinski definition) is 5. The largest absolute Gasteiger partial charge is 0.398 e. The molecule has 9 heteroatoms. The molecule has 0 spiro atoms. The molecule has 9 nitrogen and oxygen atoms in total. The number of anilines is 1. The Balaban J connectivity index is 2.01. The van der Waals surface area contributed by atoms with Crippen molar-refractivity contribution in [1.29, 1.82) is 0 Å². The lowest BCUT2D eigenvalue weighted by molar-refractivity contribution is -0.384. The van der Waals surface area contributed by atoms with Gasteiger partial charge in [-0.2, -0.15) is 0 Å². The predicted octanol–water partition coefficient (Wildman–Crippen LogP) is 3.34. The average molecular weight is 441 g/mol. The summed E-state index contributed by atoms with van der Waals surface area (Å²) in [5, 5.41) is 13.4. The van der Waals surface area contributed by atoms with Gasteiger partial charge < -0.3 is 10.3 Å². The lowest BCUT2D eigenvalue weighted by Gasteiger charge is -2.14. The number of nitro benzene ring substituents is 1. The monoisotopic (exact) mass is 441 g/mol. The summed E-state index contributed by atoms with van der Waals surface area (Å²) in [6.45, 7) is 0. The van der Waals surface area contributed by atoms with Crippen molar-refractivity contribution in [3.05, 3.63) is 97.8 Å². The van der Waals surface area contributed by atoms with E-state index in [9.17, 15) is 19.7 Å². The average Bonchev–Trinajstić information content (AvgIpc) is 3.22. The Morgan fingerprint density at radius 1 is 0.909 bits per heavy atom. The van der Waals surface area contributed by atoms with E-state index in [0.29, 0.717) is 28.1 Å². The summed E-state index contributed by atoms with van der Waals surface area (Å²) in [5.41, 5.74) is 7.84. The van der Waals surface area contributed by atoms with Gasteiger partial charge in [-0.05, 0) is 17.5 Å². The number of benzene rings is 3. The van der Waals surface area contributed by atoms with Gasteiger partial charge in [0, 0.05) is 49.1 Å². The SMILES string of the molecule is Cn1c(=O)c2c(-c3cccc([N+](=O)[O-])c3)n(-c3cccc4cccc(N)c34)cc2n(C)c1=O. The summed E-state index contributed by atoms with van der Waals surface area (Å²) < 4.78 is 4.21. The van der Waals surface area contributed by atoms with Crippen molar-refractivity contribution in [2.24, 2.45) is 14.1 Å². The number of nitro groups is 1. The van der Waals surface area contributed by atoms with Gasteiger partial charge in [-0.1, -0.05) is 36.4 Å². The molecule has 0 unspecified atom stereocenters. The van der Waals surface area contributed by atoms with Crippen LogP contribution in [-0.4, -0.2) is 18.6 Å². The number of hydrogen-bond donors (Lipinski definition) is 1. The Kier molecular flexibility index (Phi) is 4.42. The number of fused-ring (bicyclic) bond motifs is 2. The van der Waals surface area contributed by atoms with E-state index in [1.807, 2.05) is 30.3 Å².